The van der Waals surface area contributed by atoms with Crippen molar-refractivity contribution in [2.75, 3.05) is 13.1 Å². The minimum atomic E-state index is -3.66. The molecule has 0 bridgehead atoms. The summed E-state index contributed by atoms with van der Waals surface area (Å²) in [7, 11) is -3.66. The minimum absolute atomic E-state index is 0. The molecule has 2 rings (SSSR count). The molecule has 1 atom stereocenters. The van der Waals surface area contributed by atoms with Crippen LogP contribution in [0.25, 0.3) is 0 Å². The molecule has 1 fully saturated rings. The van der Waals surface area contributed by atoms with Crippen molar-refractivity contribution in [2.24, 2.45) is 11.7 Å². The van der Waals surface area contributed by atoms with Gasteiger partial charge < -0.3 is 5.73 Å². The average Bonchev–Trinajstić information content (AvgIpc) is 2.38. The van der Waals surface area contributed by atoms with E-state index in [0.717, 1.165) is 25.0 Å². The average molecular weight is 357 g/mol. The fourth-order valence-corrected chi connectivity index (χ4v) is 4.44. The van der Waals surface area contributed by atoms with Crippen LogP contribution in [0.5, 0.6) is 0 Å². The lowest BCUT2D eigenvalue weighted by Crippen LogP contribution is -2.42. The van der Waals surface area contributed by atoms with E-state index >= 15 is 0 Å². The molecule has 1 aromatic carbocycles. The molecule has 0 amide bonds. The molecule has 4 nitrogen and oxygen atoms in total. The minimum Gasteiger partial charge on any atom is -0.328 e. The van der Waals surface area contributed by atoms with E-state index in [1.165, 1.54) is 10.4 Å². The first kappa shape index (κ1) is 18.6. The molecule has 1 heterocycles. The van der Waals surface area contributed by atoms with Crippen LogP contribution in [0.1, 0.15) is 19.8 Å². The van der Waals surface area contributed by atoms with E-state index in [0.29, 0.717) is 19.0 Å². The third-order valence-corrected chi connectivity index (χ3v) is 6.14. The van der Waals surface area contributed by atoms with Crippen LogP contribution in [0, 0.1) is 11.7 Å². The van der Waals surface area contributed by atoms with Gasteiger partial charge in [0, 0.05) is 19.1 Å². The second kappa shape index (κ2) is 7.24. The van der Waals surface area contributed by atoms with Crippen LogP contribution in [-0.4, -0.2) is 31.9 Å². The Bertz CT molecular complexity index is 588. The summed E-state index contributed by atoms with van der Waals surface area (Å²) < 4.78 is 39.4. The Balaban J connectivity index is 0.00000220. The Morgan fingerprint density at radius 3 is 2.43 bits per heavy atom. The molecule has 1 unspecified atom stereocenters. The van der Waals surface area contributed by atoms with Crippen molar-refractivity contribution >= 4 is 34.0 Å². The molecule has 8 heteroatoms. The number of halogens is 3. The zero-order valence-electron chi connectivity index (χ0n) is 11.6. The maximum Gasteiger partial charge on any atom is 0.244 e. The van der Waals surface area contributed by atoms with Gasteiger partial charge >= 0.3 is 0 Å². The number of hydrogen-bond acceptors (Lipinski definition) is 3. The highest BCUT2D eigenvalue weighted by Gasteiger charge is 2.31. The largest absolute Gasteiger partial charge is 0.328 e. The number of benzene rings is 1. The third kappa shape index (κ3) is 4.07. The second-order valence-electron chi connectivity index (χ2n) is 5.18. The van der Waals surface area contributed by atoms with Gasteiger partial charge in [0.25, 0.3) is 0 Å². The van der Waals surface area contributed by atoms with Crippen LogP contribution in [0.15, 0.2) is 23.1 Å². The van der Waals surface area contributed by atoms with Crippen molar-refractivity contribution in [3.63, 3.8) is 0 Å². The molecule has 21 heavy (non-hydrogen) atoms. The summed E-state index contributed by atoms with van der Waals surface area (Å²) in [4.78, 5) is -0.0418. The fourth-order valence-electron chi connectivity index (χ4n) is 2.47. The van der Waals surface area contributed by atoms with Crippen molar-refractivity contribution in [1.82, 2.24) is 4.31 Å². The van der Waals surface area contributed by atoms with Crippen LogP contribution in [0.3, 0.4) is 0 Å². The SMILES string of the molecule is CC(N)C1CCN(S(=O)(=O)c2ccc(F)cc2Cl)CC1.Cl. The van der Waals surface area contributed by atoms with Crippen LogP contribution in [-0.2, 0) is 10.0 Å². The van der Waals surface area contributed by atoms with Crippen molar-refractivity contribution < 1.29 is 12.8 Å². The van der Waals surface area contributed by atoms with Gasteiger partial charge in [-0.25, -0.2) is 12.8 Å². The molecule has 0 aromatic heterocycles. The Morgan fingerprint density at radius 1 is 1.38 bits per heavy atom. The van der Waals surface area contributed by atoms with Gasteiger partial charge in [0.05, 0.1) is 5.02 Å². The first-order chi connectivity index (χ1) is 9.32. The first-order valence-electron chi connectivity index (χ1n) is 6.53. The molecule has 1 aromatic rings. The van der Waals surface area contributed by atoms with Gasteiger partial charge in [0.2, 0.25) is 10.0 Å². The summed E-state index contributed by atoms with van der Waals surface area (Å²) in [5.41, 5.74) is 5.84. The monoisotopic (exact) mass is 356 g/mol. The summed E-state index contributed by atoms with van der Waals surface area (Å²) >= 11 is 5.85. The number of sulfonamides is 1. The number of piperidine rings is 1. The predicted octanol–water partition coefficient (Wildman–Crippen LogP) is 2.65. The van der Waals surface area contributed by atoms with Crippen molar-refractivity contribution in [2.45, 2.75) is 30.7 Å². The van der Waals surface area contributed by atoms with Crippen LogP contribution >= 0.6 is 24.0 Å². The predicted molar refractivity (Wildman–Crippen MR) is 83.8 cm³/mol. The summed E-state index contributed by atoms with van der Waals surface area (Å²) in [5.74, 6) is -0.213. The zero-order chi connectivity index (χ0) is 14.9. The van der Waals surface area contributed by atoms with Gasteiger partial charge in [-0.15, -0.1) is 12.4 Å². The van der Waals surface area contributed by atoms with Crippen LogP contribution < -0.4 is 5.73 Å². The lowest BCUT2D eigenvalue weighted by molar-refractivity contribution is 0.250. The van der Waals surface area contributed by atoms with E-state index in [4.69, 9.17) is 17.3 Å². The molecule has 1 aliphatic heterocycles. The lowest BCUT2D eigenvalue weighted by atomic mass is 9.92. The van der Waals surface area contributed by atoms with Gasteiger partial charge in [-0.2, -0.15) is 4.31 Å². The highest BCUT2D eigenvalue weighted by Crippen LogP contribution is 2.29. The Kier molecular flexibility index (Phi) is 6.43. The molecular weight excluding hydrogens is 338 g/mol. The Hall–Kier alpha value is -0.400. The first-order valence-corrected chi connectivity index (χ1v) is 8.35. The second-order valence-corrected chi connectivity index (χ2v) is 7.49. The van der Waals surface area contributed by atoms with Gasteiger partial charge in [-0.1, -0.05) is 11.6 Å². The van der Waals surface area contributed by atoms with Crippen LogP contribution in [0.4, 0.5) is 4.39 Å². The lowest BCUT2D eigenvalue weighted by Gasteiger charge is -2.33. The molecule has 0 spiro atoms. The smallest absolute Gasteiger partial charge is 0.244 e. The number of hydrogen-bond donors (Lipinski definition) is 1. The molecule has 2 N–H and O–H groups in total. The molecule has 0 radical (unpaired) electrons. The number of nitrogens with zero attached hydrogens (tertiary/aromatic N) is 1. The molecular formula is C13H19Cl2FN2O2S. The normalized spacial score (nSPS) is 19.0. The van der Waals surface area contributed by atoms with Crippen molar-refractivity contribution in [3.05, 3.63) is 29.0 Å². The van der Waals surface area contributed by atoms with Gasteiger partial charge in [0.1, 0.15) is 10.7 Å². The van der Waals surface area contributed by atoms with Crippen molar-refractivity contribution in [1.29, 1.82) is 0 Å². The Morgan fingerprint density at radius 2 is 1.95 bits per heavy atom. The fraction of sp³-hybridized carbons (Fsp3) is 0.538. The Labute approximate surface area is 135 Å². The molecule has 1 saturated heterocycles. The summed E-state index contributed by atoms with van der Waals surface area (Å²) in [5, 5.41) is -0.0840. The van der Waals surface area contributed by atoms with E-state index < -0.39 is 15.8 Å². The highest BCUT2D eigenvalue weighted by atomic mass is 35.5. The van der Waals surface area contributed by atoms with Gasteiger partial charge in [0.15, 0.2) is 0 Å². The summed E-state index contributed by atoms with van der Waals surface area (Å²) in [6, 6.07) is 3.40. The molecule has 0 saturated carbocycles. The standard InChI is InChI=1S/C13H18ClFN2O2S.ClH/c1-9(16)10-4-6-17(7-5-10)20(18,19)13-3-2-11(15)8-12(13)14;/h2-3,8-10H,4-7,16H2,1H3;1H. The zero-order valence-corrected chi connectivity index (χ0v) is 14.0. The highest BCUT2D eigenvalue weighted by molar-refractivity contribution is 7.89. The summed E-state index contributed by atoms with van der Waals surface area (Å²) in [6.07, 6.45) is 1.46. The van der Waals surface area contributed by atoms with Gasteiger partial charge in [-0.05, 0) is 43.9 Å². The topological polar surface area (TPSA) is 63.4 Å². The molecule has 0 aliphatic carbocycles. The number of rotatable bonds is 3. The maximum atomic E-state index is 13.0. The van der Waals surface area contributed by atoms with E-state index in [1.807, 2.05) is 6.92 Å². The van der Waals surface area contributed by atoms with E-state index in [2.05, 4.69) is 0 Å². The maximum absolute atomic E-state index is 13.0. The van der Waals surface area contributed by atoms with E-state index in [-0.39, 0.29) is 28.4 Å². The van der Waals surface area contributed by atoms with Gasteiger partial charge in [-0.3, -0.25) is 0 Å². The van der Waals surface area contributed by atoms with Crippen molar-refractivity contribution in [3.8, 4) is 0 Å². The van der Waals surface area contributed by atoms with Crippen LogP contribution in [0.2, 0.25) is 5.02 Å². The number of nitrogens with two attached hydrogens (primary N) is 1. The molecule has 1 aliphatic rings. The van der Waals surface area contributed by atoms with E-state index in [9.17, 15) is 12.8 Å². The summed E-state index contributed by atoms with van der Waals surface area (Å²) in [6.45, 7) is 2.77. The third-order valence-electron chi connectivity index (χ3n) is 3.75. The molecule has 120 valence electrons. The quantitative estimate of drug-likeness (QED) is 0.905. The van der Waals surface area contributed by atoms with E-state index in [1.54, 1.807) is 0 Å².